The zero-order chi connectivity index (χ0) is 7.82. The molecule has 0 unspecified atom stereocenters. The predicted octanol–water partition coefficient (Wildman–Crippen LogP) is 0.248. The van der Waals surface area contributed by atoms with Crippen molar-refractivity contribution in [1.82, 2.24) is 0 Å². The largest absolute Gasteiger partial charge is 0.481 e. The molecule has 0 bridgehead atoms. The molecule has 0 aliphatic rings. The molecule has 11 heavy (non-hydrogen) atoms. The number of hydrogen-bond donors (Lipinski definition) is 2. The van der Waals surface area contributed by atoms with Crippen LogP contribution in [-0.4, -0.2) is 30.8 Å². The number of ether oxygens (including phenoxy) is 1. The molecule has 0 saturated carbocycles. The van der Waals surface area contributed by atoms with Crippen LogP contribution in [0.4, 0.5) is 0 Å². The number of carboxylic acid groups (broad SMARTS) is 1. The summed E-state index contributed by atoms with van der Waals surface area (Å²) in [6.07, 6.45) is 0.865. The lowest BCUT2D eigenvalue weighted by atomic mass is 10.4. The SMILES string of the molecule is Cl.NCCCOCCC(=O)O. The fraction of sp³-hybridized carbons (Fsp3) is 0.833. The molecule has 0 saturated heterocycles. The van der Waals surface area contributed by atoms with E-state index in [1.54, 1.807) is 0 Å². The second-order valence-corrected chi connectivity index (χ2v) is 1.90. The summed E-state index contributed by atoms with van der Waals surface area (Å²) in [5.74, 6) is -0.826. The van der Waals surface area contributed by atoms with Gasteiger partial charge in [-0.3, -0.25) is 4.79 Å². The summed E-state index contributed by atoms with van der Waals surface area (Å²) in [5, 5.41) is 8.17. The Balaban J connectivity index is 0. The molecule has 4 nitrogen and oxygen atoms in total. The molecule has 0 heterocycles. The molecule has 0 aromatic heterocycles. The second kappa shape index (κ2) is 9.68. The van der Waals surface area contributed by atoms with Crippen molar-refractivity contribution in [2.75, 3.05) is 19.8 Å². The van der Waals surface area contributed by atoms with Crippen molar-refractivity contribution in [2.45, 2.75) is 12.8 Å². The van der Waals surface area contributed by atoms with E-state index in [2.05, 4.69) is 0 Å². The number of carboxylic acids is 1. The highest BCUT2D eigenvalue weighted by atomic mass is 35.5. The van der Waals surface area contributed by atoms with Crippen LogP contribution in [0.2, 0.25) is 0 Å². The van der Waals surface area contributed by atoms with Crippen LogP contribution in [0.15, 0.2) is 0 Å². The Morgan fingerprint density at radius 3 is 2.55 bits per heavy atom. The third-order valence-corrected chi connectivity index (χ3v) is 0.953. The minimum Gasteiger partial charge on any atom is -0.481 e. The lowest BCUT2D eigenvalue weighted by Gasteiger charge is -1.98. The summed E-state index contributed by atoms with van der Waals surface area (Å²) in [5.41, 5.74) is 5.17. The number of rotatable bonds is 6. The Bertz CT molecular complexity index is 99.8. The van der Waals surface area contributed by atoms with Gasteiger partial charge in [0.1, 0.15) is 0 Å². The molecular weight excluding hydrogens is 170 g/mol. The normalized spacial score (nSPS) is 8.82. The van der Waals surface area contributed by atoms with Crippen LogP contribution < -0.4 is 5.73 Å². The minimum absolute atomic E-state index is 0. The highest BCUT2D eigenvalue weighted by Crippen LogP contribution is 1.84. The highest BCUT2D eigenvalue weighted by molar-refractivity contribution is 5.85. The van der Waals surface area contributed by atoms with Crippen LogP contribution in [0, 0.1) is 0 Å². The Hall–Kier alpha value is -0.320. The van der Waals surface area contributed by atoms with Gasteiger partial charge in [-0.15, -0.1) is 12.4 Å². The Morgan fingerprint density at radius 2 is 2.09 bits per heavy atom. The van der Waals surface area contributed by atoms with Crippen molar-refractivity contribution in [2.24, 2.45) is 5.73 Å². The number of nitrogens with two attached hydrogens (primary N) is 1. The van der Waals surface area contributed by atoms with Gasteiger partial charge in [-0.2, -0.15) is 0 Å². The van der Waals surface area contributed by atoms with Crippen LogP contribution in [0.5, 0.6) is 0 Å². The van der Waals surface area contributed by atoms with Crippen LogP contribution in [0.25, 0.3) is 0 Å². The van der Waals surface area contributed by atoms with Crippen LogP contribution in [0.1, 0.15) is 12.8 Å². The van der Waals surface area contributed by atoms with Gasteiger partial charge < -0.3 is 15.6 Å². The Labute approximate surface area is 72.1 Å². The first-order valence-corrected chi connectivity index (χ1v) is 3.27. The van der Waals surface area contributed by atoms with Crippen molar-refractivity contribution in [3.63, 3.8) is 0 Å². The summed E-state index contributed by atoms with van der Waals surface area (Å²) in [6.45, 7) is 1.44. The molecular formula is C6H14ClNO3. The number of halogens is 1. The molecule has 0 aromatic rings. The molecule has 0 aliphatic heterocycles. The molecule has 0 radical (unpaired) electrons. The molecule has 0 rings (SSSR count). The third kappa shape index (κ3) is 12.8. The lowest BCUT2D eigenvalue weighted by molar-refractivity contribution is -0.138. The molecule has 0 aromatic carbocycles. The van der Waals surface area contributed by atoms with Gasteiger partial charge in [0.25, 0.3) is 0 Å². The van der Waals surface area contributed by atoms with E-state index in [4.69, 9.17) is 15.6 Å². The van der Waals surface area contributed by atoms with Gasteiger partial charge in [0, 0.05) is 6.61 Å². The van der Waals surface area contributed by atoms with E-state index >= 15 is 0 Å². The topological polar surface area (TPSA) is 72.5 Å². The van der Waals surface area contributed by atoms with Gasteiger partial charge in [-0.05, 0) is 13.0 Å². The van der Waals surface area contributed by atoms with E-state index < -0.39 is 5.97 Å². The molecule has 68 valence electrons. The van der Waals surface area contributed by atoms with E-state index in [0.29, 0.717) is 13.2 Å². The van der Waals surface area contributed by atoms with Gasteiger partial charge in [0.05, 0.1) is 13.0 Å². The number of aliphatic carboxylic acids is 1. The summed E-state index contributed by atoms with van der Waals surface area (Å²) in [7, 11) is 0. The fourth-order valence-corrected chi connectivity index (χ4v) is 0.447. The average molecular weight is 184 g/mol. The maximum Gasteiger partial charge on any atom is 0.305 e. The van der Waals surface area contributed by atoms with Crippen molar-refractivity contribution < 1.29 is 14.6 Å². The zero-order valence-electron chi connectivity index (χ0n) is 6.28. The first-order chi connectivity index (χ1) is 4.77. The molecule has 0 aliphatic carbocycles. The van der Waals surface area contributed by atoms with Gasteiger partial charge in [-0.25, -0.2) is 0 Å². The quantitative estimate of drug-likeness (QED) is 0.579. The van der Waals surface area contributed by atoms with E-state index in [1.807, 2.05) is 0 Å². The van der Waals surface area contributed by atoms with Gasteiger partial charge in [0.15, 0.2) is 0 Å². The average Bonchev–Trinajstić information content (AvgIpc) is 1.87. The monoisotopic (exact) mass is 183 g/mol. The molecule has 0 atom stereocenters. The number of carbonyl (C=O) groups is 1. The van der Waals surface area contributed by atoms with E-state index in [-0.39, 0.29) is 25.4 Å². The lowest BCUT2D eigenvalue weighted by Crippen LogP contribution is -2.07. The first kappa shape index (κ1) is 13.3. The summed E-state index contributed by atoms with van der Waals surface area (Å²) >= 11 is 0. The van der Waals surface area contributed by atoms with Crippen molar-refractivity contribution in [1.29, 1.82) is 0 Å². The van der Waals surface area contributed by atoms with E-state index in [9.17, 15) is 4.79 Å². The standard InChI is InChI=1S/C6H13NO3.ClH/c7-3-1-4-10-5-2-6(8)9;/h1-5,7H2,(H,8,9);1H. The molecule has 0 amide bonds. The maximum absolute atomic E-state index is 9.93. The van der Waals surface area contributed by atoms with E-state index in [1.165, 1.54) is 0 Å². The van der Waals surface area contributed by atoms with Gasteiger partial charge in [0.2, 0.25) is 0 Å². The first-order valence-electron chi connectivity index (χ1n) is 3.27. The zero-order valence-corrected chi connectivity index (χ0v) is 7.10. The molecule has 0 spiro atoms. The van der Waals surface area contributed by atoms with E-state index in [0.717, 1.165) is 6.42 Å². The number of hydrogen-bond acceptors (Lipinski definition) is 3. The van der Waals surface area contributed by atoms with Crippen LogP contribution in [0.3, 0.4) is 0 Å². The van der Waals surface area contributed by atoms with Crippen LogP contribution in [-0.2, 0) is 9.53 Å². The molecule has 0 fully saturated rings. The summed E-state index contributed by atoms with van der Waals surface area (Å²) < 4.78 is 4.92. The highest BCUT2D eigenvalue weighted by Gasteiger charge is 1.94. The summed E-state index contributed by atoms with van der Waals surface area (Å²) in [4.78, 5) is 9.93. The smallest absolute Gasteiger partial charge is 0.305 e. The van der Waals surface area contributed by atoms with Gasteiger partial charge >= 0.3 is 5.97 Å². The van der Waals surface area contributed by atoms with Crippen molar-refractivity contribution >= 4 is 18.4 Å². The third-order valence-electron chi connectivity index (χ3n) is 0.953. The Kier molecular flexibility index (Phi) is 11.7. The molecule has 5 heteroatoms. The minimum atomic E-state index is -0.826. The second-order valence-electron chi connectivity index (χ2n) is 1.90. The van der Waals surface area contributed by atoms with Gasteiger partial charge in [-0.1, -0.05) is 0 Å². The predicted molar refractivity (Wildman–Crippen MR) is 44.0 cm³/mol. The maximum atomic E-state index is 9.93. The molecule has 3 N–H and O–H groups in total. The van der Waals surface area contributed by atoms with Crippen molar-refractivity contribution in [3.8, 4) is 0 Å². The Morgan fingerprint density at radius 1 is 1.45 bits per heavy atom. The van der Waals surface area contributed by atoms with Crippen LogP contribution >= 0.6 is 12.4 Å². The van der Waals surface area contributed by atoms with Crippen molar-refractivity contribution in [3.05, 3.63) is 0 Å². The fourth-order valence-electron chi connectivity index (χ4n) is 0.447. The summed E-state index contributed by atoms with van der Waals surface area (Å²) in [6, 6.07) is 0.